The first-order valence-corrected chi connectivity index (χ1v) is 9.64. The van der Waals surface area contributed by atoms with Crippen LogP contribution in [0.1, 0.15) is 27.1 Å². The SMILES string of the molecule is CN(CCCOc1ccccc1)C(=O)c1ccc(Oc2ccc(C(N)=O)cc2)cc1. The van der Waals surface area contributed by atoms with Gasteiger partial charge in [-0.3, -0.25) is 9.59 Å². The third-order valence-corrected chi connectivity index (χ3v) is 4.47. The van der Waals surface area contributed by atoms with Crippen LogP contribution in [0.5, 0.6) is 17.2 Å². The Balaban J connectivity index is 1.48. The van der Waals surface area contributed by atoms with Crippen LogP contribution in [-0.4, -0.2) is 36.9 Å². The van der Waals surface area contributed by atoms with Crippen molar-refractivity contribution in [2.24, 2.45) is 5.73 Å². The maximum atomic E-state index is 12.6. The molecule has 0 aliphatic heterocycles. The van der Waals surface area contributed by atoms with Gasteiger partial charge < -0.3 is 20.1 Å². The molecule has 3 aromatic carbocycles. The summed E-state index contributed by atoms with van der Waals surface area (Å²) in [6.45, 7) is 1.14. The Labute approximate surface area is 175 Å². The first-order chi connectivity index (χ1) is 14.5. The van der Waals surface area contributed by atoms with Gasteiger partial charge in [0.15, 0.2) is 0 Å². The number of amides is 2. The summed E-state index contributed by atoms with van der Waals surface area (Å²) in [6, 6.07) is 23.1. The van der Waals surface area contributed by atoms with E-state index in [9.17, 15) is 9.59 Å². The Kier molecular flexibility index (Phi) is 7.05. The Morgan fingerprint density at radius 2 is 1.37 bits per heavy atom. The van der Waals surface area contributed by atoms with Crippen molar-refractivity contribution in [1.82, 2.24) is 4.90 Å². The van der Waals surface area contributed by atoms with E-state index < -0.39 is 5.91 Å². The number of hydrogen-bond donors (Lipinski definition) is 1. The highest BCUT2D eigenvalue weighted by Gasteiger charge is 2.12. The van der Waals surface area contributed by atoms with Gasteiger partial charge in [0.1, 0.15) is 17.2 Å². The van der Waals surface area contributed by atoms with E-state index in [1.54, 1.807) is 60.5 Å². The molecule has 0 unspecified atom stereocenters. The molecule has 2 amide bonds. The first kappa shape index (κ1) is 20.9. The van der Waals surface area contributed by atoms with E-state index in [1.807, 2.05) is 30.3 Å². The van der Waals surface area contributed by atoms with E-state index in [0.717, 1.165) is 12.2 Å². The molecular formula is C24H24N2O4. The minimum atomic E-state index is -0.486. The van der Waals surface area contributed by atoms with Crippen LogP contribution in [0.2, 0.25) is 0 Å². The van der Waals surface area contributed by atoms with Crippen LogP contribution in [0.4, 0.5) is 0 Å². The highest BCUT2D eigenvalue weighted by molar-refractivity contribution is 5.94. The van der Waals surface area contributed by atoms with E-state index in [-0.39, 0.29) is 5.91 Å². The molecule has 0 aliphatic rings. The number of carbonyl (C=O) groups is 2. The molecule has 6 heteroatoms. The topological polar surface area (TPSA) is 81.9 Å². The lowest BCUT2D eigenvalue weighted by atomic mass is 10.2. The number of nitrogens with two attached hydrogens (primary N) is 1. The van der Waals surface area contributed by atoms with E-state index in [1.165, 1.54) is 0 Å². The van der Waals surface area contributed by atoms with Crippen molar-refractivity contribution in [3.8, 4) is 17.2 Å². The van der Waals surface area contributed by atoms with Gasteiger partial charge in [0.25, 0.3) is 5.91 Å². The van der Waals surface area contributed by atoms with Gasteiger partial charge in [-0.15, -0.1) is 0 Å². The summed E-state index contributed by atoms with van der Waals surface area (Å²) in [6.07, 6.45) is 0.736. The quantitative estimate of drug-likeness (QED) is 0.544. The van der Waals surface area contributed by atoms with Gasteiger partial charge in [-0.2, -0.15) is 0 Å². The monoisotopic (exact) mass is 404 g/mol. The fraction of sp³-hybridized carbons (Fsp3) is 0.167. The van der Waals surface area contributed by atoms with E-state index >= 15 is 0 Å². The zero-order valence-electron chi connectivity index (χ0n) is 16.8. The molecule has 6 nitrogen and oxygen atoms in total. The van der Waals surface area contributed by atoms with Crippen LogP contribution >= 0.6 is 0 Å². The number of para-hydroxylation sites is 1. The fourth-order valence-electron chi connectivity index (χ4n) is 2.82. The smallest absolute Gasteiger partial charge is 0.253 e. The van der Waals surface area contributed by atoms with E-state index in [2.05, 4.69) is 0 Å². The van der Waals surface area contributed by atoms with E-state index in [4.69, 9.17) is 15.2 Å². The summed E-state index contributed by atoms with van der Waals surface area (Å²) in [7, 11) is 1.77. The maximum absolute atomic E-state index is 12.6. The normalized spacial score (nSPS) is 10.3. The van der Waals surface area contributed by atoms with Gasteiger partial charge in [-0.05, 0) is 67.1 Å². The summed E-state index contributed by atoms with van der Waals surface area (Å²) in [5.41, 5.74) is 6.23. The van der Waals surface area contributed by atoms with E-state index in [0.29, 0.717) is 35.8 Å². The van der Waals surface area contributed by atoms with Gasteiger partial charge in [0.2, 0.25) is 5.91 Å². The Hall–Kier alpha value is -3.80. The van der Waals surface area contributed by atoms with Gasteiger partial charge in [0.05, 0.1) is 6.61 Å². The van der Waals surface area contributed by atoms with Crippen LogP contribution in [-0.2, 0) is 0 Å². The van der Waals surface area contributed by atoms with Crippen LogP contribution in [0.3, 0.4) is 0 Å². The third-order valence-electron chi connectivity index (χ3n) is 4.47. The molecule has 0 saturated carbocycles. The second-order valence-electron chi connectivity index (χ2n) is 6.76. The van der Waals surface area contributed by atoms with Gasteiger partial charge in [0, 0.05) is 24.7 Å². The van der Waals surface area contributed by atoms with Crippen molar-refractivity contribution in [2.75, 3.05) is 20.2 Å². The molecular weight excluding hydrogens is 380 g/mol. The molecule has 3 aromatic rings. The lowest BCUT2D eigenvalue weighted by Crippen LogP contribution is -2.28. The summed E-state index contributed by atoms with van der Waals surface area (Å²) in [4.78, 5) is 25.4. The molecule has 0 aliphatic carbocycles. The van der Waals surface area contributed by atoms with Crippen molar-refractivity contribution in [3.63, 3.8) is 0 Å². The molecule has 3 rings (SSSR count). The number of nitrogens with zero attached hydrogens (tertiary/aromatic N) is 1. The number of primary amides is 1. The molecule has 0 atom stereocenters. The van der Waals surface area contributed by atoms with Crippen molar-refractivity contribution >= 4 is 11.8 Å². The van der Waals surface area contributed by atoms with Crippen LogP contribution in [0.15, 0.2) is 78.9 Å². The predicted molar refractivity (Wildman–Crippen MR) is 115 cm³/mol. The van der Waals surface area contributed by atoms with Crippen LogP contribution in [0, 0.1) is 0 Å². The second-order valence-corrected chi connectivity index (χ2v) is 6.76. The standard InChI is InChI=1S/C24H24N2O4/c1-26(16-5-17-29-20-6-3-2-4-7-20)24(28)19-10-14-22(15-11-19)30-21-12-8-18(9-13-21)23(25)27/h2-4,6-15H,5,16-17H2,1H3,(H2,25,27). The van der Waals surface area contributed by atoms with Gasteiger partial charge >= 0.3 is 0 Å². The average Bonchev–Trinajstić information content (AvgIpc) is 2.77. The van der Waals surface area contributed by atoms with Crippen molar-refractivity contribution in [1.29, 1.82) is 0 Å². The molecule has 0 bridgehead atoms. The zero-order chi connectivity index (χ0) is 21.3. The van der Waals surface area contributed by atoms with Crippen molar-refractivity contribution < 1.29 is 19.1 Å². The second kappa shape index (κ2) is 10.1. The molecule has 154 valence electrons. The first-order valence-electron chi connectivity index (χ1n) is 9.64. The van der Waals surface area contributed by atoms with Crippen molar-refractivity contribution in [3.05, 3.63) is 90.0 Å². The summed E-state index contributed by atoms with van der Waals surface area (Å²) in [5, 5.41) is 0. The number of ether oxygens (including phenoxy) is 2. The third kappa shape index (κ3) is 5.85. The molecule has 0 fully saturated rings. The number of benzene rings is 3. The highest BCUT2D eigenvalue weighted by atomic mass is 16.5. The molecule has 0 saturated heterocycles. The van der Waals surface area contributed by atoms with Crippen molar-refractivity contribution in [2.45, 2.75) is 6.42 Å². The zero-order valence-corrected chi connectivity index (χ0v) is 16.8. The molecule has 2 N–H and O–H groups in total. The average molecular weight is 404 g/mol. The van der Waals surface area contributed by atoms with Crippen LogP contribution in [0.25, 0.3) is 0 Å². The minimum absolute atomic E-state index is 0.0629. The lowest BCUT2D eigenvalue weighted by molar-refractivity contribution is 0.0787. The number of rotatable bonds is 9. The Morgan fingerprint density at radius 3 is 1.93 bits per heavy atom. The molecule has 0 aromatic heterocycles. The summed E-state index contributed by atoms with van der Waals surface area (Å²) < 4.78 is 11.4. The number of hydrogen-bond acceptors (Lipinski definition) is 4. The predicted octanol–water partition coefficient (Wildman–Crippen LogP) is 4.12. The maximum Gasteiger partial charge on any atom is 0.253 e. The van der Waals surface area contributed by atoms with Gasteiger partial charge in [-0.25, -0.2) is 0 Å². The molecule has 0 spiro atoms. The summed E-state index contributed by atoms with van der Waals surface area (Å²) >= 11 is 0. The number of carbonyl (C=O) groups excluding carboxylic acids is 2. The largest absolute Gasteiger partial charge is 0.494 e. The molecule has 0 heterocycles. The van der Waals surface area contributed by atoms with Gasteiger partial charge in [-0.1, -0.05) is 18.2 Å². The molecule has 30 heavy (non-hydrogen) atoms. The lowest BCUT2D eigenvalue weighted by Gasteiger charge is -2.17. The summed E-state index contributed by atoms with van der Waals surface area (Å²) in [5.74, 6) is 1.45. The molecule has 0 radical (unpaired) electrons. The fourth-order valence-corrected chi connectivity index (χ4v) is 2.82. The Bertz CT molecular complexity index is 970. The highest BCUT2D eigenvalue weighted by Crippen LogP contribution is 2.22. The minimum Gasteiger partial charge on any atom is -0.494 e. The van der Waals surface area contributed by atoms with Crippen LogP contribution < -0.4 is 15.2 Å². The Morgan fingerprint density at radius 1 is 0.800 bits per heavy atom.